The van der Waals surface area contributed by atoms with Gasteiger partial charge in [-0.3, -0.25) is 4.90 Å². The highest BCUT2D eigenvalue weighted by Gasteiger charge is 2.33. The summed E-state index contributed by atoms with van der Waals surface area (Å²) in [4.78, 5) is 2.22. The molecule has 2 fully saturated rings. The third kappa shape index (κ3) is 2.02. The molecule has 13 heavy (non-hydrogen) atoms. The zero-order valence-electron chi connectivity index (χ0n) is 7.82. The molecule has 2 saturated heterocycles. The highest BCUT2D eigenvalue weighted by atomic mass is 16.3. The molecule has 2 rings (SSSR count). The minimum atomic E-state index is -0.533. The van der Waals surface area contributed by atoms with E-state index in [0.29, 0.717) is 19.1 Å². The Morgan fingerprint density at radius 2 is 1.54 bits per heavy atom. The van der Waals surface area contributed by atoms with Gasteiger partial charge in [0.15, 0.2) is 0 Å². The Hall–Kier alpha value is -0.160. The first kappa shape index (κ1) is 9.40. The zero-order valence-corrected chi connectivity index (χ0v) is 7.82. The van der Waals surface area contributed by atoms with Gasteiger partial charge in [-0.1, -0.05) is 0 Å². The summed E-state index contributed by atoms with van der Waals surface area (Å²) in [6.07, 6.45) is 1.21. The van der Waals surface area contributed by atoms with Crippen LogP contribution in [0.25, 0.3) is 0 Å². The molecule has 3 N–H and O–H groups in total. The number of piperidine rings is 1. The van der Waals surface area contributed by atoms with Gasteiger partial charge >= 0.3 is 0 Å². The lowest BCUT2D eigenvalue weighted by Gasteiger charge is -2.31. The number of nitrogens with zero attached hydrogens (tertiary/aromatic N) is 1. The van der Waals surface area contributed by atoms with E-state index in [1.807, 2.05) is 0 Å². The number of aliphatic hydroxyl groups excluding tert-OH is 2. The van der Waals surface area contributed by atoms with E-state index in [4.69, 9.17) is 0 Å². The van der Waals surface area contributed by atoms with Crippen molar-refractivity contribution in [2.75, 3.05) is 26.2 Å². The van der Waals surface area contributed by atoms with Gasteiger partial charge in [-0.15, -0.1) is 0 Å². The smallest absolute Gasteiger partial charge is 0.0938 e. The van der Waals surface area contributed by atoms with Crippen molar-refractivity contribution in [1.29, 1.82) is 0 Å². The van der Waals surface area contributed by atoms with Gasteiger partial charge < -0.3 is 15.5 Å². The van der Waals surface area contributed by atoms with Crippen LogP contribution in [0.15, 0.2) is 0 Å². The third-order valence-electron chi connectivity index (χ3n) is 3.11. The maximum Gasteiger partial charge on any atom is 0.0938 e. The molecule has 2 aliphatic rings. The lowest BCUT2D eigenvalue weighted by atomic mass is 10.1. The number of hydrogen-bond donors (Lipinski definition) is 3. The van der Waals surface area contributed by atoms with Crippen molar-refractivity contribution in [3.8, 4) is 0 Å². The van der Waals surface area contributed by atoms with Crippen LogP contribution in [0.3, 0.4) is 0 Å². The Balaban J connectivity index is 1.87. The molecule has 2 unspecified atom stereocenters. The second-order valence-corrected chi connectivity index (χ2v) is 4.07. The van der Waals surface area contributed by atoms with Crippen LogP contribution in [-0.4, -0.2) is 59.5 Å². The van der Waals surface area contributed by atoms with Crippen LogP contribution >= 0.6 is 0 Å². The average Bonchev–Trinajstić information content (AvgIpc) is 2.49. The number of hydrogen-bond acceptors (Lipinski definition) is 4. The highest BCUT2D eigenvalue weighted by Crippen LogP contribution is 2.18. The number of rotatable bonds is 1. The van der Waals surface area contributed by atoms with Crippen LogP contribution < -0.4 is 5.32 Å². The Labute approximate surface area is 78.5 Å². The summed E-state index contributed by atoms with van der Waals surface area (Å²) in [6.45, 7) is 3.42. The second kappa shape index (κ2) is 3.92. The monoisotopic (exact) mass is 186 g/mol. The molecular weight excluding hydrogens is 168 g/mol. The Kier molecular flexibility index (Phi) is 2.83. The normalized spacial score (nSPS) is 38.3. The molecule has 0 aromatic heterocycles. The van der Waals surface area contributed by atoms with Crippen molar-refractivity contribution in [1.82, 2.24) is 10.2 Å². The fourth-order valence-electron chi connectivity index (χ4n) is 2.27. The lowest BCUT2D eigenvalue weighted by molar-refractivity contribution is 0.0572. The van der Waals surface area contributed by atoms with Gasteiger partial charge in [-0.25, -0.2) is 0 Å². The van der Waals surface area contributed by atoms with Crippen molar-refractivity contribution in [2.24, 2.45) is 0 Å². The molecule has 2 atom stereocenters. The maximum absolute atomic E-state index is 9.39. The van der Waals surface area contributed by atoms with E-state index in [2.05, 4.69) is 10.2 Å². The number of nitrogens with one attached hydrogen (secondary N) is 1. The molecule has 0 aliphatic carbocycles. The molecular formula is C9H18N2O2. The van der Waals surface area contributed by atoms with Crippen LogP contribution in [0.5, 0.6) is 0 Å². The van der Waals surface area contributed by atoms with Gasteiger partial charge in [0.25, 0.3) is 0 Å². The van der Waals surface area contributed by atoms with Gasteiger partial charge in [0.2, 0.25) is 0 Å². The SMILES string of the molecule is OC1CN(C2CCNCC2)CC1O. The minimum Gasteiger partial charge on any atom is -0.389 e. The summed E-state index contributed by atoms with van der Waals surface area (Å²) in [5, 5.41) is 22.1. The molecule has 0 aromatic carbocycles. The van der Waals surface area contributed by atoms with Crippen molar-refractivity contribution < 1.29 is 10.2 Å². The van der Waals surface area contributed by atoms with E-state index in [1.54, 1.807) is 0 Å². The summed E-state index contributed by atoms with van der Waals surface area (Å²) in [5.74, 6) is 0. The van der Waals surface area contributed by atoms with Crippen LogP contribution in [0.1, 0.15) is 12.8 Å². The van der Waals surface area contributed by atoms with Gasteiger partial charge in [0.05, 0.1) is 12.2 Å². The van der Waals surface area contributed by atoms with Crippen LogP contribution in [0.2, 0.25) is 0 Å². The van der Waals surface area contributed by atoms with Gasteiger partial charge in [0, 0.05) is 19.1 Å². The van der Waals surface area contributed by atoms with Gasteiger partial charge in [-0.2, -0.15) is 0 Å². The quantitative estimate of drug-likeness (QED) is 0.480. The zero-order chi connectivity index (χ0) is 9.26. The molecule has 0 saturated carbocycles. The number of β-amino-alcohol motifs (C(OH)–C–C–N with tert-alkyl or cyclic N) is 2. The lowest BCUT2D eigenvalue weighted by Crippen LogP contribution is -2.42. The first-order chi connectivity index (χ1) is 6.27. The first-order valence-electron chi connectivity index (χ1n) is 5.08. The Bertz CT molecular complexity index is 161. The van der Waals surface area contributed by atoms with Crippen molar-refractivity contribution in [3.63, 3.8) is 0 Å². The predicted octanol–water partition coefficient (Wildman–Crippen LogP) is -1.22. The molecule has 0 bridgehead atoms. The first-order valence-corrected chi connectivity index (χ1v) is 5.08. The fraction of sp³-hybridized carbons (Fsp3) is 1.00. The predicted molar refractivity (Wildman–Crippen MR) is 49.5 cm³/mol. The molecule has 2 heterocycles. The second-order valence-electron chi connectivity index (χ2n) is 4.07. The summed E-state index contributed by atoms with van der Waals surface area (Å²) in [6, 6.07) is 0.563. The van der Waals surface area contributed by atoms with E-state index in [9.17, 15) is 10.2 Å². The largest absolute Gasteiger partial charge is 0.389 e. The molecule has 0 spiro atoms. The summed E-state index contributed by atoms with van der Waals surface area (Å²) < 4.78 is 0. The third-order valence-corrected chi connectivity index (χ3v) is 3.11. The summed E-state index contributed by atoms with van der Waals surface area (Å²) in [5.41, 5.74) is 0. The molecule has 2 aliphatic heterocycles. The fourth-order valence-corrected chi connectivity index (χ4v) is 2.27. The Morgan fingerprint density at radius 1 is 1.00 bits per heavy atom. The van der Waals surface area contributed by atoms with Crippen molar-refractivity contribution in [2.45, 2.75) is 31.1 Å². The topological polar surface area (TPSA) is 55.7 Å². The standard InChI is InChI=1S/C9H18N2O2/c12-8-5-11(6-9(8)13)7-1-3-10-4-2-7/h7-10,12-13H,1-6H2. The van der Waals surface area contributed by atoms with E-state index >= 15 is 0 Å². The molecule has 4 heteroatoms. The van der Waals surface area contributed by atoms with E-state index in [1.165, 1.54) is 0 Å². The molecule has 4 nitrogen and oxygen atoms in total. The average molecular weight is 186 g/mol. The van der Waals surface area contributed by atoms with Gasteiger partial charge in [0.1, 0.15) is 0 Å². The number of likely N-dealkylation sites (tertiary alicyclic amines) is 1. The maximum atomic E-state index is 9.39. The van der Waals surface area contributed by atoms with Crippen LogP contribution in [-0.2, 0) is 0 Å². The molecule has 76 valence electrons. The van der Waals surface area contributed by atoms with E-state index < -0.39 is 12.2 Å². The highest BCUT2D eigenvalue weighted by molar-refractivity contribution is 4.89. The van der Waals surface area contributed by atoms with Crippen molar-refractivity contribution in [3.05, 3.63) is 0 Å². The molecule has 0 radical (unpaired) electrons. The molecule has 0 amide bonds. The van der Waals surface area contributed by atoms with E-state index in [0.717, 1.165) is 25.9 Å². The summed E-state index contributed by atoms with van der Waals surface area (Å²) in [7, 11) is 0. The Morgan fingerprint density at radius 3 is 2.08 bits per heavy atom. The minimum absolute atomic E-state index is 0.533. The van der Waals surface area contributed by atoms with Crippen molar-refractivity contribution >= 4 is 0 Å². The van der Waals surface area contributed by atoms with Crippen LogP contribution in [0, 0.1) is 0 Å². The van der Waals surface area contributed by atoms with Crippen LogP contribution in [0.4, 0.5) is 0 Å². The molecule has 0 aromatic rings. The number of aliphatic hydroxyl groups is 2. The summed E-state index contributed by atoms with van der Waals surface area (Å²) >= 11 is 0. The van der Waals surface area contributed by atoms with E-state index in [-0.39, 0.29) is 0 Å². The van der Waals surface area contributed by atoms with Gasteiger partial charge in [-0.05, 0) is 25.9 Å².